The van der Waals surface area contributed by atoms with E-state index >= 15 is 0 Å². The molecule has 1 atom stereocenters. The van der Waals surface area contributed by atoms with Gasteiger partial charge >= 0.3 is 0 Å². The summed E-state index contributed by atoms with van der Waals surface area (Å²) in [5, 5.41) is -0.311. The van der Waals surface area contributed by atoms with Gasteiger partial charge in [-0.3, -0.25) is 4.79 Å². The predicted molar refractivity (Wildman–Crippen MR) is 59.3 cm³/mol. The molecule has 0 N–H and O–H groups in total. The minimum absolute atomic E-state index is 0.273. The number of rotatable bonds is 5. The largest absolute Gasteiger partial charge is 0.356 e. The molecule has 6 heteroatoms. The van der Waals surface area contributed by atoms with E-state index in [-0.39, 0.29) is 11.2 Å². The highest BCUT2D eigenvalue weighted by Crippen LogP contribution is 2.04. The molecule has 0 aromatic rings. The molecule has 0 saturated carbocycles. The third-order valence-corrected chi connectivity index (χ3v) is 2.13. The molecule has 1 amide bonds. The van der Waals surface area contributed by atoms with E-state index in [2.05, 4.69) is 12.6 Å². The number of carbonyl (C=O) groups excluding carboxylic acids is 1. The minimum atomic E-state index is -0.311. The Bertz CT molecular complexity index is 169. The Hall–Kier alpha value is -0.0901. The van der Waals surface area contributed by atoms with E-state index in [0.29, 0.717) is 0 Å². The molecule has 0 bridgehead atoms. The van der Waals surface area contributed by atoms with Crippen molar-refractivity contribution in [2.75, 3.05) is 20.6 Å². The van der Waals surface area contributed by atoms with E-state index in [4.69, 9.17) is 15.8 Å². The normalized spacial score (nSPS) is 12.9. The first-order chi connectivity index (χ1) is 5.95. The van der Waals surface area contributed by atoms with Gasteiger partial charge in [0.25, 0.3) is 5.24 Å². The first kappa shape index (κ1) is 12.9. The van der Waals surface area contributed by atoms with E-state index < -0.39 is 0 Å². The summed E-state index contributed by atoms with van der Waals surface area (Å²) < 4.78 is 0. The lowest BCUT2D eigenvalue weighted by atomic mass is 9.90. The second-order valence-electron chi connectivity index (χ2n) is 3.08. The fraction of sp³-hybridized carbons (Fsp3) is 0.857. The molecule has 0 aromatic heterocycles. The highest BCUT2D eigenvalue weighted by atomic mass is 32.1. The Morgan fingerprint density at radius 2 is 2.08 bits per heavy atom. The molecule has 0 aliphatic carbocycles. The Morgan fingerprint density at radius 3 is 2.46 bits per heavy atom. The zero-order chi connectivity index (χ0) is 10.4. The van der Waals surface area contributed by atoms with Crippen LogP contribution in [0.25, 0.3) is 0 Å². The van der Waals surface area contributed by atoms with E-state index in [1.54, 1.807) is 18.9 Å². The van der Waals surface area contributed by atoms with Gasteiger partial charge in [0.1, 0.15) is 0 Å². The van der Waals surface area contributed by atoms with Crippen molar-refractivity contribution >= 4 is 33.7 Å². The first-order valence-corrected chi connectivity index (χ1v) is 4.57. The van der Waals surface area contributed by atoms with Crippen LogP contribution in [0, 0.1) is 0 Å². The standard InChI is InChI=1S/C7H14B2N2OS/c1-10(9)5-3-4-6(8)11(2)7(12)13/h6H,3-5H2,1-2H3,(H,12,13). The second kappa shape index (κ2) is 6.38. The van der Waals surface area contributed by atoms with Gasteiger partial charge in [0.05, 0.1) is 7.85 Å². The highest BCUT2D eigenvalue weighted by Gasteiger charge is 2.11. The molecule has 13 heavy (non-hydrogen) atoms. The summed E-state index contributed by atoms with van der Waals surface area (Å²) >= 11 is 3.67. The van der Waals surface area contributed by atoms with Gasteiger partial charge in [0, 0.05) is 7.05 Å². The first-order valence-electron chi connectivity index (χ1n) is 4.12. The summed E-state index contributed by atoms with van der Waals surface area (Å²) in [5.41, 5.74) is 0. The summed E-state index contributed by atoms with van der Waals surface area (Å²) in [6, 6.07) is 0. The van der Waals surface area contributed by atoms with Crippen molar-refractivity contribution in [3.8, 4) is 0 Å². The van der Waals surface area contributed by atoms with E-state index in [9.17, 15) is 4.79 Å². The third kappa shape index (κ3) is 6.05. The predicted octanol–water partition coefficient (Wildman–Crippen LogP) is 0.258. The fourth-order valence-corrected chi connectivity index (χ4v) is 1.03. The zero-order valence-corrected chi connectivity index (χ0v) is 9.00. The Morgan fingerprint density at radius 1 is 1.54 bits per heavy atom. The van der Waals surface area contributed by atoms with Gasteiger partial charge in [-0.2, -0.15) is 0 Å². The molecule has 3 nitrogen and oxygen atoms in total. The molecule has 0 heterocycles. The average molecular weight is 196 g/mol. The second-order valence-corrected chi connectivity index (χ2v) is 3.47. The molecular weight excluding hydrogens is 182 g/mol. The van der Waals surface area contributed by atoms with Gasteiger partial charge in [0.15, 0.2) is 7.98 Å². The van der Waals surface area contributed by atoms with Gasteiger partial charge in [-0.25, -0.2) is 0 Å². The van der Waals surface area contributed by atoms with Crippen LogP contribution in [-0.2, 0) is 0 Å². The van der Waals surface area contributed by atoms with E-state index in [0.717, 1.165) is 19.4 Å². The van der Waals surface area contributed by atoms with Crippen LogP contribution < -0.4 is 0 Å². The molecule has 0 spiro atoms. The van der Waals surface area contributed by atoms with Crippen molar-refractivity contribution in [3.05, 3.63) is 0 Å². The number of thiol groups is 1. The van der Waals surface area contributed by atoms with Crippen LogP contribution in [0.4, 0.5) is 4.79 Å². The summed E-state index contributed by atoms with van der Waals surface area (Å²) in [6.07, 6.45) is 1.59. The smallest absolute Gasteiger partial charge is 0.277 e. The summed E-state index contributed by atoms with van der Waals surface area (Å²) in [5.74, 6) is -0.273. The summed E-state index contributed by atoms with van der Waals surface area (Å²) in [4.78, 5) is 13.8. The number of hydrogen-bond acceptors (Lipinski definition) is 2. The van der Waals surface area contributed by atoms with Crippen molar-refractivity contribution in [3.63, 3.8) is 0 Å². The lowest BCUT2D eigenvalue weighted by Gasteiger charge is -2.23. The van der Waals surface area contributed by atoms with E-state index in [1.807, 2.05) is 0 Å². The lowest BCUT2D eigenvalue weighted by molar-refractivity contribution is 0.227. The van der Waals surface area contributed by atoms with Gasteiger partial charge < -0.3 is 9.71 Å². The molecule has 0 rings (SSSR count). The van der Waals surface area contributed by atoms with Crippen molar-refractivity contribution in [1.82, 2.24) is 9.71 Å². The molecule has 0 aliphatic rings. The maximum atomic E-state index is 10.8. The Labute approximate surface area is 88.1 Å². The Kier molecular flexibility index (Phi) is 6.33. The molecule has 0 saturated heterocycles. The van der Waals surface area contributed by atoms with Gasteiger partial charge in [-0.1, -0.05) is 12.6 Å². The average Bonchev–Trinajstić information content (AvgIpc) is 2.02. The van der Waals surface area contributed by atoms with Gasteiger partial charge in [0.2, 0.25) is 0 Å². The van der Waals surface area contributed by atoms with Gasteiger partial charge in [-0.15, -0.1) is 0 Å². The van der Waals surface area contributed by atoms with Crippen molar-refractivity contribution < 1.29 is 4.79 Å². The third-order valence-electron chi connectivity index (χ3n) is 1.81. The van der Waals surface area contributed by atoms with Crippen LogP contribution in [0.5, 0.6) is 0 Å². The molecule has 4 radical (unpaired) electrons. The SMILES string of the molecule is [B]C(CCCN([B])C)N(C)C(=O)S. The molecule has 1 unspecified atom stereocenters. The number of hydrogen-bond donors (Lipinski definition) is 1. The molecule has 0 fully saturated rings. The maximum absolute atomic E-state index is 10.8. The minimum Gasteiger partial charge on any atom is -0.356 e. The van der Waals surface area contributed by atoms with Crippen LogP contribution in [0.1, 0.15) is 12.8 Å². The number of amides is 1. The summed E-state index contributed by atoms with van der Waals surface area (Å²) in [6.45, 7) is 0.766. The van der Waals surface area contributed by atoms with Crippen molar-refractivity contribution in [1.29, 1.82) is 0 Å². The zero-order valence-electron chi connectivity index (χ0n) is 8.10. The van der Waals surface area contributed by atoms with E-state index in [1.165, 1.54) is 4.90 Å². The fourth-order valence-electron chi connectivity index (χ4n) is 0.885. The van der Waals surface area contributed by atoms with Crippen molar-refractivity contribution in [2.24, 2.45) is 0 Å². The van der Waals surface area contributed by atoms with Crippen LogP contribution in [0.3, 0.4) is 0 Å². The maximum Gasteiger partial charge on any atom is 0.277 e. The number of nitrogens with zero attached hydrogens (tertiary/aromatic N) is 2. The topological polar surface area (TPSA) is 23.6 Å². The van der Waals surface area contributed by atoms with Gasteiger partial charge in [-0.05, 0) is 32.4 Å². The van der Waals surface area contributed by atoms with Crippen LogP contribution >= 0.6 is 12.6 Å². The summed E-state index contributed by atoms with van der Waals surface area (Å²) in [7, 11) is 14.5. The molecular formula is C7H14B2N2OS. The van der Waals surface area contributed by atoms with Crippen LogP contribution in [0.2, 0.25) is 0 Å². The molecule has 70 valence electrons. The van der Waals surface area contributed by atoms with Crippen molar-refractivity contribution in [2.45, 2.75) is 18.8 Å². The van der Waals surface area contributed by atoms with Crippen LogP contribution in [-0.4, -0.2) is 57.4 Å². The van der Waals surface area contributed by atoms with Crippen LogP contribution in [0.15, 0.2) is 0 Å². The highest BCUT2D eigenvalue weighted by molar-refractivity contribution is 7.96. The number of carbonyl (C=O) groups is 1. The monoisotopic (exact) mass is 196 g/mol. The molecule has 0 aromatic carbocycles. The quantitative estimate of drug-likeness (QED) is 0.503. The lowest BCUT2D eigenvalue weighted by Crippen LogP contribution is -2.34. The Balaban J connectivity index is 3.61. The molecule has 0 aliphatic heterocycles.